The fraction of sp³-hybridized carbons (Fsp3) is 0.847. The first-order valence-electron chi connectivity index (χ1n) is 35.5. The van der Waals surface area contributed by atoms with Gasteiger partial charge < -0.3 is 24.2 Å². The molecule has 0 fully saturated rings. The molecule has 0 aromatic heterocycles. The van der Waals surface area contributed by atoms with Crippen LogP contribution in [0.3, 0.4) is 0 Å². The summed E-state index contributed by atoms with van der Waals surface area (Å²) in [5, 5.41) is 9.89. The predicted octanol–water partition coefficient (Wildman–Crippen LogP) is 22.0. The lowest BCUT2D eigenvalue weighted by atomic mass is 10.0. The van der Waals surface area contributed by atoms with Crippen LogP contribution in [0.5, 0.6) is 0 Å². The number of hydrogen-bond donors (Lipinski definition) is 2. The predicted molar refractivity (Wildman–Crippen MR) is 353 cm³/mol. The molecule has 0 heterocycles. The molecule has 0 aliphatic heterocycles. The van der Waals surface area contributed by atoms with Gasteiger partial charge in [-0.2, -0.15) is 0 Å². The van der Waals surface area contributed by atoms with Crippen LogP contribution in [0.1, 0.15) is 355 Å². The van der Waals surface area contributed by atoms with Gasteiger partial charge in [-0.15, -0.1) is 0 Å². The summed E-state index contributed by atoms with van der Waals surface area (Å²) in [5.74, 6) is -1.45. The second-order valence-corrected chi connectivity index (χ2v) is 25.5. The van der Waals surface area contributed by atoms with Crippen LogP contribution < -0.4 is 0 Å². The van der Waals surface area contributed by atoms with Gasteiger partial charge in [0.2, 0.25) is 0 Å². The lowest BCUT2D eigenvalue weighted by molar-refractivity contribution is -0.161. The van der Waals surface area contributed by atoms with E-state index in [1.54, 1.807) is 0 Å². The lowest BCUT2D eigenvalue weighted by Crippen LogP contribution is -2.30. The van der Waals surface area contributed by atoms with Crippen molar-refractivity contribution in [2.24, 2.45) is 0 Å². The molecule has 3 atom stereocenters. The van der Waals surface area contributed by atoms with Gasteiger partial charge in [-0.25, -0.2) is 4.57 Å². The van der Waals surface area contributed by atoms with Gasteiger partial charge in [0.1, 0.15) is 12.7 Å². The maximum Gasteiger partial charge on any atom is 0.472 e. The number of aliphatic hydroxyl groups excluding tert-OH is 1. The molecule has 12 heteroatoms. The van der Waals surface area contributed by atoms with Crippen LogP contribution in [0.15, 0.2) is 48.6 Å². The minimum Gasteiger partial charge on any atom is -0.462 e. The minimum atomic E-state index is -4.76. The Morgan fingerprint density at radius 2 is 0.583 bits per heavy atom. The number of phosphoric ester groups is 1. The van der Waals surface area contributed by atoms with E-state index in [0.29, 0.717) is 19.3 Å². The van der Waals surface area contributed by atoms with Crippen molar-refractivity contribution in [3.63, 3.8) is 0 Å². The largest absolute Gasteiger partial charge is 0.472 e. The molecule has 492 valence electrons. The van der Waals surface area contributed by atoms with Crippen LogP contribution in [-0.4, -0.2) is 66.5 Å². The van der Waals surface area contributed by atoms with E-state index in [1.807, 2.05) is 0 Å². The van der Waals surface area contributed by atoms with E-state index in [0.717, 1.165) is 89.9 Å². The summed E-state index contributed by atoms with van der Waals surface area (Å²) in [6.45, 7) is 4.69. The molecule has 3 unspecified atom stereocenters. The molecule has 0 radical (unpaired) electrons. The maximum absolute atomic E-state index is 13.0. The molecular weight excluding hydrogens is 1070 g/mol. The maximum atomic E-state index is 13.0. The van der Waals surface area contributed by atoms with Crippen molar-refractivity contribution in [3.05, 3.63) is 48.6 Å². The highest BCUT2D eigenvalue weighted by Crippen LogP contribution is 2.43. The number of phosphoric acid groups is 1. The molecule has 0 aromatic rings. The van der Waals surface area contributed by atoms with E-state index in [1.165, 1.54) is 205 Å². The summed E-state index contributed by atoms with van der Waals surface area (Å²) < 4.78 is 39.8. The Balaban J connectivity index is 4.65. The highest BCUT2D eigenvalue weighted by molar-refractivity contribution is 7.47. The van der Waals surface area contributed by atoms with Crippen LogP contribution in [0.25, 0.3) is 0 Å². The number of rotatable bonds is 67. The number of allylic oxidation sites excluding steroid dienone is 8. The molecule has 0 spiro atoms. The standard InChI is InChI=1S/C72H133O11P/c1-4-7-10-13-16-19-22-25-28-31-34-37-40-43-46-49-52-55-58-61-70(74)79-65-69(83-72(76)63-60-57-54-51-48-45-42-39-36-33-30-27-24-21-18-15-12-9-6-3)67-81-84(77,78)80-66-68(64-73)82-71(75)62-59-56-53-50-47-44-41-38-35-32-29-26-23-20-17-14-11-8-5-2/h18,21,26-27,29-30,36,39,68-69,73H,4-17,19-20,22-25,28,31-35,37-38,40-67H2,1-3H3,(H,77,78)/b21-18-,29-26-,30-27-,39-36-. The van der Waals surface area contributed by atoms with E-state index in [9.17, 15) is 28.9 Å². The van der Waals surface area contributed by atoms with Crippen molar-refractivity contribution in [1.82, 2.24) is 0 Å². The number of hydrogen-bond acceptors (Lipinski definition) is 10. The Hall–Kier alpha value is -2.56. The minimum absolute atomic E-state index is 0.156. The first-order chi connectivity index (χ1) is 41.2. The van der Waals surface area contributed by atoms with Crippen LogP contribution >= 0.6 is 7.82 Å². The number of esters is 3. The molecular formula is C72H133O11P. The quantitative estimate of drug-likeness (QED) is 0.0197. The average Bonchev–Trinajstić information content (AvgIpc) is 3.53. The zero-order valence-electron chi connectivity index (χ0n) is 54.9. The van der Waals surface area contributed by atoms with Crippen molar-refractivity contribution in [2.45, 2.75) is 367 Å². The normalized spacial score (nSPS) is 13.4. The molecule has 11 nitrogen and oxygen atoms in total. The fourth-order valence-electron chi connectivity index (χ4n) is 10.3. The van der Waals surface area contributed by atoms with Gasteiger partial charge in [0.15, 0.2) is 6.10 Å². The number of ether oxygens (including phenoxy) is 3. The van der Waals surface area contributed by atoms with Gasteiger partial charge in [0.25, 0.3) is 0 Å². The van der Waals surface area contributed by atoms with Crippen molar-refractivity contribution in [3.8, 4) is 0 Å². The zero-order chi connectivity index (χ0) is 61.2. The van der Waals surface area contributed by atoms with Gasteiger partial charge in [-0.1, -0.05) is 301 Å². The summed E-state index contributed by atoms with van der Waals surface area (Å²) >= 11 is 0. The molecule has 0 aromatic carbocycles. The summed E-state index contributed by atoms with van der Waals surface area (Å²) in [4.78, 5) is 48.9. The molecule has 0 aliphatic rings. The fourth-order valence-corrected chi connectivity index (χ4v) is 11.1. The summed E-state index contributed by atoms with van der Waals surface area (Å²) in [6, 6.07) is 0. The second kappa shape index (κ2) is 66.4. The van der Waals surface area contributed by atoms with Crippen LogP contribution in [0.4, 0.5) is 0 Å². The topological polar surface area (TPSA) is 155 Å². The Bertz CT molecular complexity index is 1600. The zero-order valence-corrected chi connectivity index (χ0v) is 55.8. The average molecular weight is 1210 g/mol. The van der Waals surface area contributed by atoms with Gasteiger partial charge in [-0.05, 0) is 83.5 Å². The number of aliphatic hydroxyl groups is 1. The van der Waals surface area contributed by atoms with E-state index in [-0.39, 0.29) is 25.9 Å². The number of carbonyl (C=O) groups is 3. The first-order valence-corrected chi connectivity index (χ1v) is 37.0. The molecule has 0 saturated carbocycles. The van der Waals surface area contributed by atoms with Gasteiger partial charge >= 0.3 is 25.7 Å². The van der Waals surface area contributed by atoms with E-state index >= 15 is 0 Å². The van der Waals surface area contributed by atoms with Crippen LogP contribution in [-0.2, 0) is 42.2 Å². The Morgan fingerprint density at radius 3 is 0.929 bits per heavy atom. The van der Waals surface area contributed by atoms with Crippen molar-refractivity contribution in [1.29, 1.82) is 0 Å². The van der Waals surface area contributed by atoms with Crippen molar-refractivity contribution in [2.75, 3.05) is 26.4 Å². The molecule has 84 heavy (non-hydrogen) atoms. The van der Waals surface area contributed by atoms with E-state index in [2.05, 4.69) is 69.4 Å². The number of unbranched alkanes of at least 4 members (excludes halogenated alkanes) is 42. The SMILES string of the molecule is CCCCC/C=C\C/C=C\C/C=C\CCCCCCCCC(=O)OC(COC(=O)CCCCCCCCCCCCCCCCCCCCC)COP(=O)(O)OCC(CO)OC(=O)CCCCCCCCCCC/C=C\CCCCCCCC. The number of carbonyl (C=O) groups excluding carboxylic acids is 3. The van der Waals surface area contributed by atoms with Gasteiger partial charge in [0.05, 0.1) is 19.8 Å². The first kappa shape index (κ1) is 81.4. The van der Waals surface area contributed by atoms with Crippen molar-refractivity contribution < 1.29 is 52.2 Å². The summed E-state index contributed by atoms with van der Waals surface area (Å²) in [5.41, 5.74) is 0. The Kier molecular flexibility index (Phi) is 64.4. The summed E-state index contributed by atoms with van der Waals surface area (Å²) in [7, 11) is -4.76. The third-order valence-electron chi connectivity index (χ3n) is 15.7. The second-order valence-electron chi connectivity index (χ2n) is 24.1. The highest BCUT2D eigenvalue weighted by Gasteiger charge is 2.28. The molecule has 0 saturated heterocycles. The third-order valence-corrected chi connectivity index (χ3v) is 16.7. The molecule has 0 rings (SSSR count). The van der Waals surface area contributed by atoms with Gasteiger partial charge in [0, 0.05) is 19.3 Å². The summed E-state index contributed by atoms with van der Waals surface area (Å²) in [6.07, 6.45) is 74.8. The molecule has 0 aliphatic carbocycles. The van der Waals surface area contributed by atoms with E-state index < -0.39 is 57.8 Å². The molecule has 0 amide bonds. The van der Waals surface area contributed by atoms with E-state index in [4.69, 9.17) is 23.3 Å². The highest BCUT2D eigenvalue weighted by atomic mass is 31.2. The Morgan fingerprint density at radius 1 is 0.333 bits per heavy atom. The van der Waals surface area contributed by atoms with Gasteiger partial charge in [-0.3, -0.25) is 23.4 Å². The Labute approximate surface area is 517 Å². The lowest BCUT2D eigenvalue weighted by Gasteiger charge is -2.21. The van der Waals surface area contributed by atoms with Crippen LogP contribution in [0, 0.1) is 0 Å². The van der Waals surface area contributed by atoms with Crippen LogP contribution in [0.2, 0.25) is 0 Å². The smallest absolute Gasteiger partial charge is 0.462 e. The molecule has 2 N–H and O–H groups in total. The third kappa shape index (κ3) is 63.9. The monoisotopic (exact) mass is 1200 g/mol. The van der Waals surface area contributed by atoms with Crippen molar-refractivity contribution >= 4 is 25.7 Å². The molecule has 0 bridgehead atoms.